The summed E-state index contributed by atoms with van der Waals surface area (Å²) in [7, 11) is 1.15. The highest BCUT2D eigenvalue weighted by Crippen LogP contribution is 1.99. The standard InChI is InChI=1S/C18H30N4O7/c1-4-6-11(19)16(25)22-13(10-20-14(23)8-9-15(24)29-3)17(26)21-12(7-5-2)18(27)28/h8-9,11-13H,4-7,10,19H2,1-3H3,(H,20,23)(H,21,26)(H,22,25)(H,27,28)/b9-8+. The molecule has 0 heterocycles. The average molecular weight is 414 g/mol. The van der Waals surface area contributed by atoms with E-state index in [-0.39, 0.29) is 13.0 Å². The van der Waals surface area contributed by atoms with E-state index in [0.717, 1.165) is 19.3 Å². The summed E-state index contributed by atoms with van der Waals surface area (Å²) in [5.41, 5.74) is 5.74. The number of rotatable bonds is 13. The summed E-state index contributed by atoms with van der Waals surface area (Å²) in [5.74, 6) is -4.03. The van der Waals surface area contributed by atoms with E-state index in [1.54, 1.807) is 6.92 Å². The van der Waals surface area contributed by atoms with Crippen molar-refractivity contribution in [1.29, 1.82) is 0 Å². The molecule has 0 saturated carbocycles. The first kappa shape index (κ1) is 26.1. The van der Waals surface area contributed by atoms with Crippen molar-refractivity contribution in [2.45, 2.75) is 57.7 Å². The van der Waals surface area contributed by atoms with Crippen molar-refractivity contribution in [1.82, 2.24) is 16.0 Å². The number of hydrogen-bond donors (Lipinski definition) is 5. The van der Waals surface area contributed by atoms with Gasteiger partial charge in [0, 0.05) is 18.7 Å². The van der Waals surface area contributed by atoms with Crippen LogP contribution in [-0.2, 0) is 28.7 Å². The molecule has 0 aromatic heterocycles. The number of hydrogen-bond acceptors (Lipinski definition) is 7. The Hall–Kier alpha value is -2.95. The molecular formula is C18H30N4O7. The van der Waals surface area contributed by atoms with Crippen molar-refractivity contribution in [3.8, 4) is 0 Å². The number of methoxy groups -OCH3 is 1. The number of nitrogens with one attached hydrogen (secondary N) is 3. The molecule has 0 fully saturated rings. The second-order valence-electron chi connectivity index (χ2n) is 6.25. The first-order valence-corrected chi connectivity index (χ1v) is 9.29. The third-order valence-electron chi connectivity index (χ3n) is 3.81. The van der Waals surface area contributed by atoms with E-state index in [4.69, 9.17) is 5.73 Å². The summed E-state index contributed by atoms with van der Waals surface area (Å²) in [5, 5.41) is 16.3. The van der Waals surface area contributed by atoms with Gasteiger partial charge in [0.1, 0.15) is 12.1 Å². The monoisotopic (exact) mass is 414 g/mol. The molecule has 11 nitrogen and oxygen atoms in total. The zero-order valence-electron chi connectivity index (χ0n) is 16.9. The third kappa shape index (κ3) is 10.8. The minimum absolute atomic E-state index is 0.200. The zero-order valence-corrected chi connectivity index (χ0v) is 16.9. The highest BCUT2D eigenvalue weighted by Gasteiger charge is 2.27. The number of carboxylic acid groups (broad SMARTS) is 1. The van der Waals surface area contributed by atoms with Crippen LogP contribution in [0.25, 0.3) is 0 Å². The molecule has 11 heteroatoms. The summed E-state index contributed by atoms with van der Waals surface area (Å²) < 4.78 is 4.36. The number of carbonyl (C=O) groups is 5. The summed E-state index contributed by atoms with van der Waals surface area (Å²) in [4.78, 5) is 58.7. The van der Waals surface area contributed by atoms with Gasteiger partial charge in [-0.25, -0.2) is 9.59 Å². The molecule has 0 bridgehead atoms. The molecule has 0 aromatic rings. The fourth-order valence-electron chi connectivity index (χ4n) is 2.22. The van der Waals surface area contributed by atoms with Gasteiger partial charge in [-0.15, -0.1) is 0 Å². The number of ether oxygens (including phenoxy) is 1. The van der Waals surface area contributed by atoms with Crippen molar-refractivity contribution in [2.24, 2.45) is 5.73 Å². The van der Waals surface area contributed by atoms with Gasteiger partial charge < -0.3 is 31.5 Å². The largest absolute Gasteiger partial charge is 0.480 e. The SMILES string of the molecule is CCCC(N)C(=O)NC(CNC(=O)/C=C/C(=O)OC)C(=O)NC(CCC)C(=O)O. The molecule has 0 spiro atoms. The number of carboxylic acids is 1. The first-order valence-electron chi connectivity index (χ1n) is 9.29. The fourth-order valence-corrected chi connectivity index (χ4v) is 2.22. The van der Waals surface area contributed by atoms with Crippen LogP contribution in [0.3, 0.4) is 0 Å². The normalized spacial score (nSPS) is 13.8. The zero-order chi connectivity index (χ0) is 22.4. The summed E-state index contributed by atoms with van der Waals surface area (Å²) >= 11 is 0. The van der Waals surface area contributed by atoms with Gasteiger partial charge in [0.2, 0.25) is 17.7 Å². The Balaban J connectivity index is 5.17. The Morgan fingerprint density at radius 3 is 2.07 bits per heavy atom. The molecule has 164 valence electrons. The lowest BCUT2D eigenvalue weighted by Crippen LogP contribution is -2.57. The second-order valence-corrected chi connectivity index (χ2v) is 6.25. The quantitative estimate of drug-likeness (QED) is 0.184. The van der Waals surface area contributed by atoms with Crippen LogP contribution >= 0.6 is 0 Å². The van der Waals surface area contributed by atoms with Crippen LogP contribution in [-0.4, -0.2) is 66.5 Å². The molecular weight excluding hydrogens is 384 g/mol. The molecule has 29 heavy (non-hydrogen) atoms. The molecule has 0 rings (SSSR count). The van der Waals surface area contributed by atoms with Crippen LogP contribution in [0.4, 0.5) is 0 Å². The molecule has 6 N–H and O–H groups in total. The smallest absolute Gasteiger partial charge is 0.330 e. The van der Waals surface area contributed by atoms with Crippen molar-refractivity contribution in [2.75, 3.05) is 13.7 Å². The van der Waals surface area contributed by atoms with Gasteiger partial charge in [-0.3, -0.25) is 14.4 Å². The van der Waals surface area contributed by atoms with Crippen molar-refractivity contribution >= 4 is 29.7 Å². The van der Waals surface area contributed by atoms with Gasteiger partial charge >= 0.3 is 11.9 Å². The topological polar surface area (TPSA) is 177 Å². The van der Waals surface area contributed by atoms with Crippen LogP contribution in [0.5, 0.6) is 0 Å². The lowest BCUT2D eigenvalue weighted by Gasteiger charge is -2.23. The van der Waals surface area contributed by atoms with E-state index in [0.29, 0.717) is 19.3 Å². The minimum atomic E-state index is -1.25. The number of amides is 3. The van der Waals surface area contributed by atoms with Crippen molar-refractivity contribution in [3.63, 3.8) is 0 Å². The van der Waals surface area contributed by atoms with Crippen LogP contribution in [0.2, 0.25) is 0 Å². The number of aliphatic carboxylic acids is 1. The van der Waals surface area contributed by atoms with Gasteiger partial charge in [-0.1, -0.05) is 26.7 Å². The summed E-state index contributed by atoms with van der Waals surface area (Å²) in [6, 6.07) is -3.23. The Labute approximate surface area is 169 Å². The lowest BCUT2D eigenvalue weighted by molar-refractivity contribution is -0.142. The number of nitrogens with two attached hydrogens (primary N) is 1. The van der Waals surface area contributed by atoms with E-state index < -0.39 is 47.8 Å². The van der Waals surface area contributed by atoms with Crippen LogP contribution < -0.4 is 21.7 Å². The molecule has 0 aromatic carbocycles. The Morgan fingerprint density at radius 1 is 0.966 bits per heavy atom. The average Bonchev–Trinajstić information content (AvgIpc) is 2.68. The van der Waals surface area contributed by atoms with E-state index in [2.05, 4.69) is 20.7 Å². The second kappa shape index (κ2) is 14.1. The van der Waals surface area contributed by atoms with Gasteiger partial charge in [0.05, 0.1) is 13.2 Å². The number of esters is 1. The molecule has 0 aliphatic rings. The Morgan fingerprint density at radius 2 is 1.55 bits per heavy atom. The molecule has 3 unspecified atom stereocenters. The minimum Gasteiger partial charge on any atom is -0.480 e. The van der Waals surface area contributed by atoms with E-state index >= 15 is 0 Å². The third-order valence-corrected chi connectivity index (χ3v) is 3.81. The summed E-state index contributed by atoms with van der Waals surface area (Å²) in [6.45, 7) is 3.27. The predicted octanol–water partition coefficient (Wildman–Crippen LogP) is -1.19. The number of carbonyl (C=O) groups excluding carboxylic acids is 4. The molecule has 0 aliphatic carbocycles. The predicted molar refractivity (Wildman–Crippen MR) is 103 cm³/mol. The van der Waals surface area contributed by atoms with Gasteiger partial charge in [0.15, 0.2) is 0 Å². The molecule has 0 radical (unpaired) electrons. The van der Waals surface area contributed by atoms with E-state index in [1.165, 1.54) is 0 Å². The maximum atomic E-state index is 12.5. The van der Waals surface area contributed by atoms with Crippen molar-refractivity contribution in [3.05, 3.63) is 12.2 Å². The summed E-state index contributed by atoms with van der Waals surface area (Å²) in [6.07, 6.45) is 3.56. The van der Waals surface area contributed by atoms with Gasteiger partial charge in [-0.2, -0.15) is 0 Å². The van der Waals surface area contributed by atoms with Crippen LogP contribution in [0.1, 0.15) is 39.5 Å². The first-order chi connectivity index (χ1) is 13.7. The maximum Gasteiger partial charge on any atom is 0.330 e. The van der Waals surface area contributed by atoms with Crippen LogP contribution in [0, 0.1) is 0 Å². The molecule has 3 atom stereocenters. The molecule has 0 saturated heterocycles. The Bertz CT molecular complexity index is 621. The Kier molecular flexibility index (Phi) is 12.7. The fraction of sp³-hybridized carbons (Fsp3) is 0.611. The maximum absolute atomic E-state index is 12.5. The highest BCUT2D eigenvalue weighted by atomic mass is 16.5. The van der Waals surface area contributed by atoms with Crippen LogP contribution in [0.15, 0.2) is 12.2 Å². The highest BCUT2D eigenvalue weighted by molar-refractivity contribution is 5.95. The lowest BCUT2D eigenvalue weighted by atomic mass is 10.1. The van der Waals surface area contributed by atoms with E-state index in [1.807, 2.05) is 6.92 Å². The van der Waals surface area contributed by atoms with Gasteiger partial charge in [0.25, 0.3) is 0 Å². The van der Waals surface area contributed by atoms with E-state index in [9.17, 15) is 29.1 Å². The molecule has 3 amide bonds. The van der Waals surface area contributed by atoms with Crippen molar-refractivity contribution < 1.29 is 33.8 Å². The van der Waals surface area contributed by atoms with Gasteiger partial charge in [-0.05, 0) is 12.8 Å². The molecule has 0 aliphatic heterocycles.